The van der Waals surface area contributed by atoms with Gasteiger partial charge in [-0.25, -0.2) is 13.1 Å². The van der Waals surface area contributed by atoms with Crippen molar-refractivity contribution in [3.63, 3.8) is 0 Å². The molecule has 2 aromatic rings. The number of hydrogen-bond donors (Lipinski definition) is 2. The summed E-state index contributed by atoms with van der Waals surface area (Å²) in [5.74, 6) is 0.936. The molecule has 1 amide bonds. The second kappa shape index (κ2) is 7.01. The van der Waals surface area contributed by atoms with E-state index in [0.717, 1.165) is 6.26 Å². The summed E-state index contributed by atoms with van der Waals surface area (Å²) in [6.07, 6.45) is 3.44. The van der Waals surface area contributed by atoms with E-state index in [1.165, 1.54) is 17.5 Å². The minimum absolute atomic E-state index is 0.130. The van der Waals surface area contributed by atoms with Crippen LogP contribution < -0.4 is 14.8 Å². The van der Waals surface area contributed by atoms with E-state index in [1.54, 1.807) is 7.05 Å². The van der Waals surface area contributed by atoms with Gasteiger partial charge in [0.2, 0.25) is 10.0 Å². The van der Waals surface area contributed by atoms with Crippen molar-refractivity contribution in [1.82, 2.24) is 19.8 Å². The Morgan fingerprint density at radius 2 is 2.12 bits per heavy atom. The lowest BCUT2D eigenvalue weighted by Crippen LogP contribution is -2.35. The first-order valence-electron chi connectivity index (χ1n) is 8.16. The topological polar surface area (TPSA) is 102 Å². The number of amides is 1. The van der Waals surface area contributed by atoms with Gasteiger partial charge in [0.1, 0.15) is 11.4 Å². The third-order valence-corrected chi connectivity index (χ3v) is 4.71. The van der Waals surface area contributed by atoms with Gasteiger partial charge >= 0.3 is 0 Å². The summed E-state index contributed by atoms with van der Waals surface area (Å²) < 4.78 is 31.9. The first-order valence-corrected chi connectivity index (χ1v) is 10.1. The largest absolute Gasteiger partial charge is 0.493 e. The van der Waals surface area contributed by atoms with Gasteiger partial charge in [-0.1, -0.05) is 6.07 Å². The number of nitrogens with one attached hydrogen (secondary N) is 2. The van der Waals surface area contributed by atoms with E-state index in [9.17, 15) is 13.2 Å². The highest BCUT2D eigenvalue weighted by Gasteiger charge is 2.24. The van der Waals surface area contributed by atoms with Gasteiger partial charge in [0.25, 0.3) is 5.91 Å². The second-order valence-electron chi connectivity index (χ2n) is 6.30. The Labute approximate surface area is 146 Å². The number of nitrogens with zero attached hydrogens (tertiary/aromatic N) is 2. The number of aryl methyl sites for hydroxylation is 1. The van der Waals surface area contributed by atoms with E-state index >= 15 is 0 Å². The van der Waals surface area contributed by atoms with Crippen molar-refractivity contribution >= 4 is 26.8 Å². The molecular formula is C16H22N4O4S. The van der Waals surface area contributed by atoms with Crippen molar-refractivity contribution in [1.29, 1.82) is 0 Å². The summed E-state index contributed by atoms with van der Waals surface area (Å²) in [5, 5.41) is 7.76. The average Bonchev–Trinajstić information content (AvgIpc) is 3.29. The lowest BCUT2D eigenvalue weighted by molar-refractivity contribution is 0.0946. The molecule has 2 N–H and O–H groups in total. The Balaban J connectivity index is 1.76. The van der Waals surface area contributed by atoms with E-state index in [2.05, 4.69) is 15.1 Å². The molecular weight excluding hydrogens is 344 g/mol. The van der Waals surface area contributed by atoms with Crippen molar-refractivity contribution in [2.24, 2.45) is 13.0 Å². The number of aromatic nitrogens is 2. The quantitative estimate of drug-likeness (QED) is 0.668. The van der Waals surface area contributed by atoms with Crippen LogP contribution in [0.2, 0.25) is 0 Å². The van der Waals surface area contributed by atoms with Gasteiger partial charge in [0.15, 0.2) is 0 Å². The highest BCUT2D eigenvalue weighted by atomic mass is 32.2. The standard InChI is InChI=1S/C16H22N4O4S/c1-20-15(16(21)17-8-9-18-25(2,22)23)14-12(19-20)4-3-5-13(14)24-10-11-6-7-11/h3-5,11,18H,6-10H2,1-2H3,(H,17,21). The molecule has 9 heteroatoms. The molecule has 1 aromatic carbocycles. The first-order chi connectivity index (χ1) is 11.8. The number of ether oxygens (including phenoxy) is 1. The molecule has 3 rings (SSSR count). The van der Waals surface area contributed by atoms with Gasteiger partial charge in [0.05, 0.1) is 23.8 Å². The molecule has 0 atom stereocenters. The van der Waals surface area contributed by atoms with Crippen LogP contribution >= 0.6 is 0 Å². The lowest BCUT2D eigenvalue weighted by Gasteiger charge is -2.09. The Kier molecular flexibility index (Phi) is 4.96. The van der Waals surface area contributed by atoms with Crippen LogP contribution in [-0.2, 0) is 17.1 Å². The third-order valence-electron chi connectivity index (χ3n) is 3.98. The van der Waals surface area contributed by atoms with E-state index in [4.69, 9.17) is 4.74 Å². The highest BCUT2D eigenvalue weighted by molar-refractivity contribution is 7.88. The van der Waals surface area contributed by atoms with E-state index < -0.39 is 10.0 Å². The van der Waals surface area contributed by atoms with Crippen molar-refractivity contribution < 1.29 is 17.9 Å². The molecule has 0 bridgehead atoms. The first kappa shape index (κ1) is 17.7. The molecule has 0 saturated heterocycles. The SMILES string of the molecule is Cn1nc2cccc(OCC3CC3)c2c1C(=O)NCCNS(C)(=O)=O. The lowest BCUT2D eigenvalue weighted by atomic mass is 10.1. The van der Waals surface area contributed by atoms with Gasteiger partial charge < -0.3 is 10.1 Å². The molecule has 1 aliphatic carbocycles. The van der Waals surface area contributed by atoms with Crippen molar-refractivity contribution in [2.45, 2.75) is 12.8 Å². The number of benzene rings is 1. The Morgan fingerprint density at radius 1 is 1.36 bits per heavy atom. The van der Waals surface area contributed by atoms with Gasteiger partial charge in [-0.3, -0.25) is 9.48 Å². The Hall–Kier alpha value is -2.13. The van der Waals surface area contributed by atoms with Gasteiger partial charge in [0, 0.05) is 20.1 Å². The number of carbonyl (C=O) groups is 1. The number of hydrogen-bond acceptors (Lipinski definition) is 5. The van der Waals surface area contributed by atoms with Crippen LogP contribution in [0.25, 0.3) is 10.9 Å². The maximum atomic E-state index is 12.6. The molecule has 1 aliphatic rings. The number of rotatable bonds is 8. The maximum Gasteiger partial charge on any atom is 0.270 e. The predicted octanol–water partition coefficient (Wildman–Crippen LogP) is 0.641. The fourth-order valence-electron chi connectivity index (χ4n) is 2.58. The smallest absolute Gasteiger partial charge is 0.270 e. The Morgan fingerprint density at radius 3 is 2.80 bits per heavy atom. The summed E-state index contributed by atoms with van der Waals surface area (Å²) in [6, 6.07) is 5.53. The number of fused-ring (bicyclic) bond motifs is 1. The fraction of sp³-hybridized carbons (Fsp3) is 0.500. The molecule has 0 unspecified atom stereocenters. The molecule has 1 fully saturated rings. The minimum atomic E-state index is -3.27. The van der Waals surface area contributed by atoms with Crippen LogP contribution in [0.1, 0.15) is 23.3 Å². The molecule has 1 saturated carbocycles. The molecule has 8 nitrogen and oxygen atoms in total. The summed E-state index contributed by atoms with van der Waals surface area (Å²) in [6.45, 7) is 0.961. The zero-order valence-electron chi connectivity index (χ0n) is 14.3. The normalized spacial score (nSPS) is 14.6. The van der Waals surface area contributed by atoms with Gasteiger partial charge in [-0.2, -0.15) is 5.10 Å². The zero-order valence-corrected chi connectivity index (χ0v) is 15.1. The van der Waals surface area contributed by atoms with Crippen LogP contribution in [0.15, 0.2) is 18.2 Å². The van der Waals surface area contributed by atoms with Crippen molar-refractivity contribution in [3.05, 3.63) is 23.9 Å². The zero-order chi connectivity index (χ0) is 18.0. The van der Waals surface area contributed by atoms with Crippen molar-refractivity contribution in [2.75, 3.05) is 26.0 Å². The van der Waals surface area contributed by atoms with Gasteiger partial charge in [-0.15, -0.1) is 0 Å². The molecule has 0 aliphatic heterocycles. The predicted molar refractivity (Wildman–Crippen MR) is 94.1 cm³/mol. The van der Waals surface area contributed by atoms with E-state index in [0.29, 0.717) is 34.9 Å². The van der Waals surface area contributed by atoms with Crippen molar-refractivity contribution in [3.8, 4) is 5.75 Å². The number of carbonyl (C=O) groups excluding carboxylic acids is 1. The van der Waals surface area contributed by atoms with Crippen LogP contribution in [0.4, 0.5) is 0 Å². The molecule has 0 radical (unpaired) electrons. The maximum absolute atomic E-state index is 12.6. The molecule has 136 valence electrons. The summed E-state index contributed by atoms with van der Waals surface area (Å²) >= 11 is 0. The third kappa shape index (κ3) is 4.49. The Bertz CT molecular complexity index is 887. The van der Waals surface area contributed by atoms with Crippen LogP contribution in [-0.4, -0.2) is 50.1 Å². The highest BCUT2D eigenvalue weighted by Crippen LogP contribution is 2.33. The number of sulfonamides is 1. The molecule has 1 heterocycles. The van der Waals surface area contributed by atoms with Gasteiger partial charge in [-0.05, 0) is 30.9 Å². The minimum Gasteiger partial charge on any atom is -0.493 e. The molecule has 25 heavy (non-hydrogen) atoms. The monoisotopic (exact) mass is 366 g/mol. The van der Waals surface area contributed by atoms with Crippen LogP contribution in [0.3, 0.4) is 0 Å². The molecule has 1 aromatic heterocycles. The van der Waals surface area contributed by atoms with E-state index in [1.807, 2.05) is 18.2 Å². The summed E-state index contributed by atoms with van der Waals surface area (Å²) in [7, 11) is -1.57. The van der Waals surface area contributed by atoms with E-state index in [-0.39, 0.29) is 19.0 Å². The van der Waals surface area contributed by atoms with Crippen LogP contribution in [0, 0.1) is 5.92 Å². The summed E-state index contributed by atoms with van der Waals surface area (Å²) in [4.78, 5) is 12.6. The average molecular weight is 366 g/mol. The molecule has 0 spiro atoms. The fourth-order valence-corrected chi connectivity index (χ4v) is 3.06. The van der Waals surface area contributed by atoms with Crippen LogP contribution in [0.5, 0.6) is 5.75 Å². The summed E-state index contributed by atoms with van der Waals surface area (Å²) in [5.41, 5.74) is 1.09. The second-order valence-corrected chi connectivity index (χ2v) is 8.13.